The Morgan fingerprint density at radius 1 is 1.00 bits per heavy atom. The molecule has 1 aromatic rings. The SMILES string of the molecule is COc1nc(OC)nc(OC2=CC(=O)CC(C)(C)C2)n1. The molecule has 0 atom stereocenters. The summed E-state index contributed by atoms with van der Waals surface area (Å²) in [6.45, 7) is 4.02. The molecule has 0 aliphatic heterocycles. The molecule has 0 saturated heterocycles. The Balaban J connectivity index is 2.23. The lowest BCUT2D eigenvalue weighted by Gasteiger charge is -2.27. The minimum Gasteiger partial charge on any atom is -0.467 e. The topological polar surface area (TPSA) is 83.4 Å². The van der Waals surface area contributed by atoms with Gasteiger partial charge in [-0.1, -0.05) is 13.8 Å². The number of methoxy groups -OCH3 is 2. The number of nitrogens with zero attached hydrogens (tertiary/aromatic N) is 3. The van der Waals surface area contributed by atoms with Crippen molar-refractivity contribution in [1.29, 1.82) is 0 Å². The molecule has 2 rings (SSSR count). The van der Waals surface area contributed by atoms with Gasteiger partial charge < -0.3 is 14.2 Å². The highest BCUT2D eigenvalue weighted by Crippen LogP contribution is 2.34. The van der Waals surface area contributed by atoms with Crippen LogP contribution in [-0.2, 0) is 4.79 Å². The second-order valence-electron chi connectivity index (χ2n) is 5.29. The van der Waals surface area contributed by atoms with Crippen molar-refractivity contribution < 1.29 is 19.0 Å². The van der Waals surface area contributed by atoms with Crippen LogP contribution in [0.5, 0.6) is 18.0 Å². The van der Waals surface area contributed by atoms with Crippen LogP contribution >= 0.6 is 0 Å². The number of aromatic nitrogens is 3. The first-order chi connectivity index (χ1) is 9.41. The van der Waals surface area contributed by atoms with Crippen molar-refractivity contribution in [2.24, 2.45) is 5.41 Å². The maximum Gasteiger partial charge on any atom is 0.331 e. The monoisotopic (exact) mass is 279 g/mol. The van der Waals surface area contributed by atoms with E-state index in [0.29, 0.717) is 18.6 Å². The summed E-state index contributed by atoms with van der Waals surface area (Å²) >= 11 is 0. The first-order valence-electron chi connectivity index (χ1n) is 6.17. The second-order valence-corrected chi connectivity index (χ2v) is 5.29. The largest absolute Gasteiger partial charge is 0.467 e. The van der Waals surface area contributed by atoms with Gasteiger partial charge in [0.25, 0.3) is 0 Å². The molecule has 0 fully saturated rings. The average Bonchev–Trinajstić information content (AvgIpc) is 2.35. The predicted octanol–water partition coefficient (Wildman–Crippen LogP) is 1.54. The van der Waals surface area contributed by atoms with Crippen LogP contribution in [0.25, 0.3) is 0 Å². The van der Waals surface area contributed by atoms with Crippen molar-refractivity contribution >= 4 is 5.78 Å². The van der Waals surface area contributed by atoms with E-state index in [0.717, 1.165) is 0 Å². The van der Waals surface area contributed by atoms with Crippen molar-refractivity contribution in [3.63, 3.8) is 0 Å². The van der Waals surface area contributed by atoms with Gasteiger partial charge in [-0.15, -0.1) is 15.0 Å². The molecule has 1 aliphatic carbocycles. The smallest absolute Gasteiger partial charge is 0.331 e. The molecule has 0 saturated carbocycles. The molecule has 0 amide bonds. The Morgan fingerprint density at radius 2 is 1.55 bits per heavy atom. The number of carbonyl (C=O) groups excluding carboxylic acids is 1. The molecule has 7 heteroatoms. The van der Waals surface area contributed by atoms with E-state index in [1.165, 1.54) is 20.3 Å². The van der Waals surface area contributed by atoms with Gasteiger partial charge in [-0.25, -0.2) is 0 Å². The normalized spacial score (nSPS) is 17.4. The highest BCUT2D eigenvalue weighted by atomic mass is 16.5. The number of allylic oxidation sites excluding steroid dienone is 2. The lowest BCUT2D eigenvalue weighted by Crippen LogP contribution is -2.24. The Kier molecular flexibility index (Phi) is 3.87. The summed E-state index contributed by atoms with van der Waals surface area (Å²) in [6, 6.07) is 0.230. The molecular weight excluding hydrogens is 262 g/mol. The molecule has 1 aliphatic rings. The van der Waals surface area contributed by atoms with Crippen molar-refractivity contribution in [2.75, 3.05) is 14.2 Å². The van der Waals surface area contributed by atoms with E-state index in [2.05, 4.69) is 15.0 Å². The van der Waals surface area contributed by atoms with E-state index >= 15 is 0 Å². The number of ketones is 1. The fourth-order valence-corrected chi connectivity index (χ4v) is 2.02. The summed E-state index contributed by atoms with van der Waals surface area (Å²) in [5.74, 6) is 0.561. The Hall–Kier alpha value is -2.18. The number of hydrogen-bond donors (Lipinski definition) is 0. The molecule has 0 radical (unpaired) electrons. The van der Waals surface area contributed by atoms with Crippen molar-refractivity contribution in [1.82, 2.24) is 15.0 Å². The molecule has 0 N–H and O–H groups in total. The summed E-state index contributed by atoms with van der Waals surface area (Å²) in [4.78, 5) is 23.5. The van der Waals surface area contributed by atoms with Gasteiger partial charge in [-0.05, 0) is 5.41 Å². The van der Waals surface area contributed by atoms with E-state index < -0.39 is 0 Å². The van der Waals surface area contributed by atoms with Gasteiger partial charge in [0, 0.05) is 18.9 Å². The van der Waals surface area contributed by atoms with Gasteiger partial charge >= 0.3 is 18.0 Å². The number of rotatable bonds is 4. The van der Waals surface area contributed by atoms with Gasteiger partial charge in [-0.2, -0.15) is 0 Å². The Labute approximate surface area is 117 Å². The minimum atomic E-state index is -0.137. The summed E-state index contributed by atoms with van der Waals surface area (Å²) in [7, 11) is 2.87. The average molecular weight is 279 g/mol. The second kappa shape index (κ2) is 5.44. The van der Waals surface area contributed by atoms with Gasteiger partial charge in [-0.3, -0.25) is 4.79 Å². The third-order valence-corrected chi connectivity index (χ3v) is 2.79. The van der Waals surface area contributed by atoms with E-state index in [-0.39, 0.29) is 29.2 Å². The summed E-state index contributed by atoms with van der Waals surface area (Å²) in [5, 5.41) is 0. The number of ether oxygens (including phenoxy) is 3. The summed E-state index contributed by atoms with van der Waals surface area (Å²) < 4.78 is 15.4. The fourth-order valence-electron chi connectivity index (χ4n) is 2.02. The van der Waals surface area contributed by atoms with Gasteiger partial charge in [0.05, 0.1) is 14.2 Å². The first-order valence-corrected chi connectivity index (χ1v) is 6.17. The van der Waals surface area contributed by atoms with Crippen LogP contribution in [0, 0.1) is 5.41 Å². The molecule has 1 heterocycles. The zero-order valence-electron chi connectivity index (χ0n) is 12.0. The molecule has 1 aromatic heterocycles. The van der Waals surface area contributed by atoms with E-state index in [1.807, 2.05) is 13.8 Å². The quantitative estimate of drug-likeness (QED) is 0.826. The molecular formula is C13H17N3O4. The van der Waals surface area contributed by atoms with Gasteiger partial charge in [0.2, 0.25) is 0 Å². The van der Waals surface area contributed by atoms with Crippen LogP contribution in [0.2, 0.25) is 0 Å². The standard InChI is InChI=1S/C13H17N3O4/c1-13(2)6-8(17)5-9(7-13)20-12-15-10(18-3)14-11(16-12)19-4/h5H,6-7H2,1-4H3. The summed E-state index contributed by atoms with van der Waals surface area (Å²) in [5.41, 5.74) is -0.137. The molecule has 0 aromatic carbocycles. The van der Waals surface area contributed by atoms with Crippen LogP contribution in [0.1, 0.15) is 26.7 Å². The predicted molar refractivity (Wildman–Crippen MR) is 69.7 cm³/mol. The van der Waals surface area contributed by atoms with Crippen molar-refractivity contribution in [3.8, 4) is 18.0 Å². The number of hydrogen-bond acceptors (Lipinski definition) is 7. The fraction of sp³-hybridized carbons (Fsp3) is 0.538. The zero-order valence-corrected chi connectivity index (χ0v) is 12.0. The number of carbonyl (C=O) groups is 1. The molecule has 108 valence electrons. The third kappa shape index (κ3) is 3.43. The highest BCUT2D eigenvalue weighted by Gasteiger charge is 2.29. The lowest BCUT2D eigenvalue weighted by atomic mass is 9.79. The van der Waals surface area contributed by atoms with Crippen LogP contribution in [0.4, 0.5) is 0 Å². The Morgan fingerprint density at radius 3 is 2.05 bits per heavy atom. The molecule has 20 heavy (non-hydrogen) atoms. The van der Waals surface area contributed by atoms with Crippen LogP contribution in [0.3, 0.4) is 0 Å². The van der Waals surface area contributed by atoms with E-state index in [1.54, 1.807) is 0 Å². The highest BCUT2D eigenvalue weighted by molar-refractivity contribution is 5.91. The molecule has 0 unspecified atom stereocenters. The van der Waals surface area contributed by atoms with Gasteiger partial charge in [0.1, 0.15) is 5.76 Å². The first kappa shape index (κ1) is 14.2. The van der Waals surface area contributed by atoms with Crippen molar-refractivity contribution in [2.45, 2.75) is 26.7 Å². The van der Waals surface area contributed by atoms with Crippen molar-refractivity contribution in [3.05, 3.63) is 11.8 Å². The molecule has 0 bridgehead atoms. The maximum absolute atomic E-state index is 11.7. The minimum absolute atomic E-state index is 0.0317. The third-order valence-electron chi connectivity index (χ3n) is 2.79. The summed E-state index contributed by atoms with van der Waals surface area (Å²) in [6.07, 6.45) is 2.62. The molecule has 7 nitrogen and oxygen atoms in total. The van der Waals surface area contributed by atoms with Crippen LogP contribution < -0.4 is 14.2 Å². The van der Waals surface area contributed by atoms with Crippen LogP contribution in [0.15, 0.2) is 11.8 Å². The Bertz CT molecular complexity index is 532. The van der Waals surface area contributed by atoms with Crippen LogP contribution in [-0.4, -0.2) is 35.0 Å². The molecule has 0 spiro atoms. The maximum atomic E-state index is 11.7. The zero-order chi connectivity index (χ0) is 14.8. The van der Waals surface area contributed by atoms with Gasteiger partial charge in [0.15, 0.2) is 5.78 Å². The van der Waals surface area contributed by atoms with E-state index in [4.69, 9.17) is 14.2 Å². The lowest BCUT2D eigenvalue weighted by molar-refractivity contribution is -0.117. The van der Waals surface area contributed by atoms with E-state index in [9.17, 15) is 4.79 Å².